The molecule has 1 N–H and O–H groups in total. The molecular formula is C16H24N2OS. The highest BCUT2D eigenvalue weighted by Gasteiger charge is 2.32. The maximum Gasteiger partial charge on any atom is 0.263 e. The van der Waals surface area contributed by atoms with Gasteiger partial charge in [-0.1, -0.05) is 6.92 Å². The van der Waals surface area contributed by atoms with E-state index in [0.717, 1.165) is 62.2 Å². The van der Waals surface area contributed by atoms with Gasteiger partial charge in [0, 0.05) is 18.0 Å². The van der Waals surface area contributed by atoms with Gasteiger partial charge in [0.15, 0.2) is 0 Å². The standard InChI is InChI=1S/C16H24N2OS/c1-3-12-8-15(20-11(12)2)16(19)18-6-4-13-9-17-10-14(13)5-7-18/h8,13-14,17H,3-7,9-10H2,1-2H3/t13-,14+. The summed E-state index contributed by atoms with van der Waals surface area (Å²) in [6.07, 6.45) is 3.34. The lowest BCUT2D eigenvalue weighted by atomic mass is 9.92. The van der Waals surface area contributed by atoms with E-state index in [9.17, 15) is 4.79 Å². The second-order valence-electron chi connectivity index (χ2n) is 6.09. The molecule has 2 aliphatic rings. The Kier molecular flexibility index (Phi) is 4.13. The van der Waals surface area contributed by atoms with Crippen LogP contribution in [0.15, 0.2) is 6.07 Å². The zero-order chi connectivity index (χ0) is 14.1. The number of carbonyl (C=O) groups is 1. The van der Waals surface area contributed by atoms with Crippen LogP contribution in [-0.2, 0) is 6.42 Å². The quantitative estimate of drug-likeness (QED) is 0.909. The Morgan fingerprint density at radius 1 is 1.35 bits per heavy atom. The Morgan fingerprint density at radius 2 is 2.00 bits per heavy atom. The van der Waals surface area contributed by atoms with Crippen molar-refractivity contribution in [2.24, 2.45) is 11.8 Å². The van der Waals surface area contributed by atoms with E-state index >= 15 is 0 Å². The molecule has 2 fully saturated rings. The van der Waals surface area contributed by atoms with Crippen LogP contribution in [0.1, 0.15) is 39.9 Å². The van der Waals surface area contributed by atoms with Gasteiger partial charge in [-0.2, -0.15) is 0 Å². The van der Waals surface area contributed by atoms with Crippen LogP contribution in [0.25, 0.3) is 0 Å². The molecule has 0 spiro atoms. The number of hydrogen-bond donors (Lipinski definition) is 1. The van der Waals surface area contributed by atoms with E-state index in [1.54, 1.807) is 11.3 Å². The third kappa shape index (κ3) is 2.63. The minimum absolute atomic E-state index is 0.255. The van der Waals surface area contributed by atoms with Crippen molar-refractivity contribution in [3.8, 4) is 0 Å². The largest absolute Gasteiger partial charge is 0.338 e. The lowest BCUT2D eigenvalue weighted by Gasteiger charge is -2.20. The third-order valence-corrected chi connectivity index (χ3v) is 6.00. The highest BCUT2D eigenvalue weighted by molar-refractivity contribution is 7.14. The third-order valence-electron chi connectivity index (χ3n) is 4.92. The molecule has 1 amide bonds. The van der Waals surface area contributed by atoms with Crippen LogP contribution < -0.4 is 5.32 Å². The molecule has 0 saturated carbocycles. The summed E-state index contributed by atoms with van der Waals surface area (Å²) in [4.78, 5) is 17.0. The van der Waals surface area contributed by atoms with Gasteiger partial charge in [-0.25, -0.2) is 0 Å². The van der Waals surface area contributed by atoms with Crippen molar-refractivity contribution in [1.82, 2.24) is 10.2 Å². The minimum Gasteiger partial charge on any atom is -0.338 e. The molecule has 0 unspecified atom stereocenters. The SMILES string of the molecule is CCc1cc(C(=O)N2CC[C@@H]3CNC[C@@H]3CC2)sc1C. The van der Waals surface area contributed by atoms with Gasteiger partial charge in [-0.05, 0) is 62.7 Å². The zero-order valence-corrected chi connectivity index (χ0v) is 13.3. The van der Waals surface area contributed by atoms with Gasteiger partial charge in [0.1, 0.15) is 0 Å². The monoisotopic (exact) mass is 292 g/mol. The molecule has 0 aliphatic carbocycles. The zero-order valence-electron chi connectivity index (χ0n) is 12.4. The Balaban J connectivity index is 1.70. The van der Waals surface area contributed by atoms with Gasteiger partial charge >= 0.3 is 0 Å². The van der Waals surface area contributed by atoms with E-state index < -0.39 is 0 Å². The fourth-order valence-electron chi connectivity index (χ4n) is 3.55. The van der Waals surface area contributed by atoms with Crippen LogP contribution in [0.3, 0.4) is 0 Å². The summed E-state index contributed by atoms with van der Waals surface area (Å²) in [6.45, 7) is 8.43. The van der Waals surface area contributed by atoms with Crippen molar-refractivity contribution in [2.75, 3.05) is 26.2 Å². The average molecular weight is 292 g/mol. The predicted octanol–water partition coefficient (Wildman–Crippen LogP) is 2.69. The number of hydrogen-bond acceptors (Lipinski definition) is 3. The number of rotatable bonds is 2. The highest BCUT2D eigenvalue weighted by atomic mass is 32.1. The molecule has 3 nitrogen and oxygen atoms in total. The van der Waals surface area contributed by atoms with Crippen LogP contribution in [0.4, 0.5) is 0 Å². The van der Waals surface area contributed by atoms with E-state index in [0.29, 0.717) is 0 Å². The second-order valence-corrected chi connectivity index (χ2v) is 7.35. The first-order valence-electron chi connectivity index (χ1n) is 7.78. The van der Waals surface area contributed by atoms with Gasteiger partial charge in [0.2, 0.25) is 0 Å². The van der Waals surface area contributed by atoms with Crippen LogP contribution in [-0.4, -0.2) is 37.0 Å². The van der Waals surface area contributed by atoms with Crippen molar-refractivity contribution < 1.29 is 4.79 Å². The lowest BCUT2D eigenvalue weighted by molar-refractivity contribution is 0.0763. The van der Waals surface area contributed by atoms with E-state index in [1.807, 2.05) is 0 Å². The molecule has 4 heteroatoms. The summed E-state index contributed by atoms with van der Waals surface area (Å²) in [5, 5.41) is 3.48. The first-order chi connectivity index (χ1) is 9.69. The summed E-state index contributed by atoms with van der Waals surface area (Å²) in [7, 11) is 0. The Hall–Kier alpha value is -0.870. The molecule has 3 heterocycles. The summed E-state index contributed by atoms with van der Waals surface area (Å²) >= 11 is 1.67. The first-order valence-corrected chi connectivity index (χ1v) is 8.60. The number of nitrogens with one attached hydrogen (secondary N) is 1. The van der Waals surface area contributed by atoms with Crippen molar-refractivity contribution in [3.63, 3.8) is 0 Å². The summed E-state index contributed by atoms with van der Waals surface area (Å²) in [5.41, 5.74) is 1.33. The number of aryl methyl sites for hydroxylation is 2. The van der Waals surface area contributed by atoms with E-state index in [1.165, 1.54) is 10.4 Å². The fourth-order valence-corrected chi connectivity index (χ4v) is 4.64. The number of fused-ring (bicyclic) bond motifs is 1. The number of likely N-dealkylation sites (tertiary alicyclic amines) is 1. The molecular weight excluding hydrogens is 268 g/mol. The number of amides is 1. The maximum absolute atomic E-state index is 12.7. The molecule has 110 valence electrons. The summed E-state index contributed by atoms with van der Waals surface area (Å²) < 4.78 is 0. The van der Waals surface area contributed by atoms with E-state index in [-0.39, 0.29) is 5.91 Å². The van der Waals surface area contributed by atoms with Crippen molar-refractivity contribution >= 4 is 17.2 Å². The van der Waals surface area contributed by atoms with E-state index in [2.05, 4.69) is 30.1 Å². The van der Waals surface area contributed by atoms with Gasteiger partial charge in [-0.15, -0.1) is 11.3 Å². The number of carbonyl (C=O) groups excluding carboxylic acids is 1. The van der Waals surface area contributed by atoms with E-state index in [4.69, 9.17) is 0 Å². The molecule has 2 saturated heterocycles. The van der Waals surface area contributed by atoms with Crippen LogP contribution in [0.5, 0.6) is 0 Å². The smallest absolute Gasteiger partial charge is 0.263 e. The molecule has 0 radical (unpaired) electrons. The van der Waals surface area contributed by atoms with Gasteiger partial charge < -0.3 is 10.2 Å². The second kappa shape index (κ2) is 5.86. The Labute approximate surface area is 125 Å². The predicted molar refractivity (Wildman–Crippen MR) is 83.4 cm³/mol. The first kappa shape index (κ1) is 14.1. The van der Waals surface area contributed by atoms with Gasteiger partial charge in [0.25, 0.3) is 5.91 Å². The maximum atomic E-state index is 12.7. The van der Waals surface area contributed by atoms with Crippen LogP contribution >= 0.6 is 11.3 Å². The van der Waals surface area contributed by atoms with Gasteiger partial charge in [0.05, 0.1) is 4.88 Å². The summed E-state index contributed by atoms with van der Waals surface area (Å²) in [6, 6.07) is 2.11. The highest BCUT2D eigenvalue weighted by Crippen LogP contribution is 2.29. The number of thiophene rings is 1. The molecule has 1 aromatic heterocycles. The van der Waals surface area contributed by atoms with Crippen molar-refractivity contribution in [3.05, 3.63) is 21.4 Å². The van der Waals surface area contributed by atoms with Gasteiger partial charge in [-0.3, -0.25) is 4.79 Å². The molecule has 2 aliphatic heterocycles. The normalized spacial score (nSPS) is 26.4. The average Bonchev–Trinajstić information content (AvgIpc) is 3.00. The molecule has 1 aromatic rings. The minimum atomic E-state index is 0.255. The topological polar surface area (TPSA) is 32.3 Å². The van der Waals surface area contributed by atoms with Crippen LogP contribution in [0, 0.1) is 18.8 Å². The number of nitrogens with zero attached hydrogens (tertiary/aromatic N) is 1. The molecule has 0 bridgehead atoms. The molecule has 0 aromatic carbocycles. The van der Waals surface area contributed by atoms with Crippen molar-refractivity contribution in [2.45, 2.75) is 33.1 Å². The fraction of sp³-hybridized carbons (Fsp3) is 0.688. The lowest BCUT2D eigenvalue weighted by Crippen LogP contribution is -2.32. The molecule has 20 heavy (non-hydrogen) atoms. The Bertz CT molecular complexity index is 483. The Morgan fingerprint density at radius 3 is 2.55 bits per heavy atom. The summed E-state index contributed by atoms with van der Waals surface area (Å²) in [5.74, 6) is 1.82. The van der Waals surface area contributed by atoms with Crippen molar-refractivity contribution in [1.29, 1.82) is 0 Å². The van der Waals surface area contributed by atoms with Crippen LogP contribution in [0.2, 0.25) is 0 Å². The molecule has 2 atom stereocenters. The molecule has 3 rings (SSSR count).